The molecular formula is C13H11Cl2FN2. The average molecular weight is 285 g/mol. The fraction of sp³-hybridized carbons (Fsp3) is 0.154. The Morgan fingerprint density at radius 3 is 2.78 bits per heavy atom. The summed E-state index contributed by atoms with van der Waals surface area (Å²) in [4.78, 5) is 3.90. The van der Waals surface area contributed by atoms with Crippen LogP contribution in [0.15, 0.2) is 36.7 Å². The monoisotopic (exact) mass is 284 g/mol. The number of hydrogen-bond donors (Lipinski definition) is 1. The van der Waals surface area contributed by atoms with Crippen molar-refractivity contribution >= 4 is 23.2 Å². The fourth-order valence-corrected chi connectivity index (χ4v) is 2.19. The molecule has 94 valence electrons. The molecule has 2 rings (SSSR count). The molecule has 0 aliphatic carbocycles. The van der Waals surface area contributed by atoms with E-state index >= 15 is 0 Å². The Balaban J connectivity index is 2.25. The molecule has 1 aromatic heterocycles. The summed E-state index contributed by atoms with van der Waals surface area (Å²) in [6.07, 6.45) is 3.67. The highest BCUT2D eigenvalue weighted by Crippen LogP contribution is 2.27. The zero-order valence-electron chi connectivity index (χ0n) is 9.41. The van der Waals surface area contributed by atoms with Crippen LogP contribution in [-0.2, 0) is 6.42 Å². The predicted octanol–water partition coefficient (Wildman–Crippen LogP) is 3.77. The van der Waals surface area contributed by atoms with Crippen molar-refractivity contribution in [2.75, 3.05) is 0 Å². The van der Waals surface area contributed by atoms with E-state index in [0.717, 1.165) is 5.56 Å². The topological polar surface area (TPSA) is 38.9 Å². The number of benzene rings is 1. The molecule has 1 unspecified atom stereocenters. The smallest absolute Gasteiger partial charge is 0.142 e. The van der Waals surface area contributed by atoms with Gasteiger partial charge in [0, 0.05) is 18.4 Å². The van der Waals surface area contributed by atoms with E-state index in [-0.39, 0.29) is 5.02 Å². The summed E-state index contributed by atoms with van der Waals surface area (Å²) in [6, 6.07) is 5.98. The average Bonchev–Trinajstić information content (AvgIpc) is 2.35. The highest BCUT2D eigenvalue weighted by Gasteiger charge is 2.14. The Hall–Kier alpha value is -1.16. The van der Waals surface area contributed by atoms with Gasteiger partial charge >= 0.3 is 0 Å². The Labute approximate surface area is 115 Å². The second-order valence-electron chi connectivity index (χ2n) is 3.92. The quantitative estimate of drug-likeness (QED) is 0.932. The van der Waals surface area contributed by atoms with Crippen LogP contribution in [0.4, 0.5) is 4.39 Å². The third-order valence-electron chi connectivity index (χ3n) is 2.68. The SMILES string of the molecule is NC(Cc1ccncc1Cl)c1cccc(F)c1Cl. The lowest BCUT2D eigenvalue weighted by molar-refractivity contribution is 0.619. The number of rotatable bonds is 3. The summed E-state index contributed by atoms with van der Waals surface area (Å²) < 4.78 is 13.3. The van der Waals surface area contributed by atoms with E-state index < -0.39 is 11.9 Å². The van der Waals surface area contributed by atoms with Gasteiger partial charge in [0.15, 0.2) is 0 Å². The Morgan fingerprint density at radius 1 is 1.28 bits per heavy atom. The van der Waals surface area contributed by atoms with Gasteiger partial charge in [-0.3, -0.25) is 4.98 Å². The highest BCUT2D eigenvalue weighted by atomic mass is 35.5. The molecule has 2 nitrogen and oxygen atoms in total. The van der Waals surface area contributed by atoms with E-state index in [2.05, 4.69) is 4.98 Å². The highest BCUT2D eigenvalue weighted by molar-refractivity contribution is 6.31. The van der Waals surface area contributed by atoms with Crippen LogP contribution in [0.1, 0.15) is 17.2 Å². The van der Waals surface area contributed by atoms with Gasteiger partial charge in [-0.2, -0.15) is 0 Å². The first-order valence-corrected chi connectivity index (χ1v) is 6.13. The fourth-order valence-electron chi connectivity index (χ4n) is 1.72. The van der Waals surface area contributed by atoms with Crippen LogP contribution in [0.5, 0.6) is 0 Å². The van der Waals surface area contributed by atoms with Crippen molar-refractivity contribution in [1.29, 1.82) is 0 Å². The molecule has 18 heavy (non-hydrogen) atoms. The van der Waals surface area contributed by atoms with Gasteiger partial charge in [0.1, 0.15) is 5.82 Å². The maximum Gasteiger partial charge on any atom is 0.142 e. The molecular weight excluding hydrogens is 274 g/mol. The Bertz CT molecular complexity index is 560. The molecule has 5 heteroatoms. The lowest BCUT2D eigenvalue weighted by atomic mass is 10.0. The number of nitrogens with zero attached hydrogens (tertiary/aromatic N) is 1. The molecule has 0 saturated heterocycles. The van der Waals surface area contributed by atoms with Crippen molar-refractivity contribution in [3.63, 3.8) is 0 Å². The molecule has 0 fully saturated rings. The molecule has 0 bridgehead atoms. The maximum atomic E-state index is 13.3. The Kier molecular flexibility index (Phi) is 4.17. The summed E-state index contributed by atoms with van der Waals surface area (Å²) in [6.45, 7) is 0. The minimum atomic E-state index is -0.467. The van der Waals surface area contributed by atoms with E-state index in [0.29, 0.717) is 17.0 Å². The summed E-state index contributed by atoms with van der Waals surface area (Å²) in [5.74, 6) is -0.467. The van der Waals surface area contributed by atoms with Crippen LogP contribution < -0.4 is 5.73 Å². The van der Waals surface area contributed by atoms with Crippen molar-refractivity contribution in [1.82, 2.24) is 4.98 Å². The third kappa shape index (κ3) is 2.80. The molecule has 2 aromatic rings. The van der Waals surface area contributed by atoms with Crippen molar-refractivity contribution in [3.8, 4) is 0 Å². The molecule has 0 aliphatic heterocycles. The first-order chi connectivity index (χ1) is 8.59. The molecule has 0 saturated carbocycles. The van der Waals surface area contributed by atoms with Crippen LogP contribution in [0.3, 0.4) is 0 Å². The van der Waals surface area contributed by atoms with Gasteiger partial charge in [-0.05, 0) is 29.7 Å². The molecule has 0 amide bonds. The number of aromatic nitrogens is 1. The normalized spacial score (nSPS) is 12.4. The molecule has 1 atom stereocenters. The molecule has 2 N–H and O–H groups in total. The van der Waals surface area contributed by atoms with Gasteiger partial charge in [-0.15, -0.1) is 0 Å². The summed E-state index contributed by atoms with van der Waals surface area (Å²) in [5, 5.41) is 0.607. The van der Waals surface area contributed by atoms with E-state index in [1.165, 1.54) is 6.07 Å². The van der Waals surface area contributed by atoms with E-state index in [1.54, 1.807) is 30.6 Å². The number of pyridine rings is 1. The molecule has 0 spiro atoms. The summed E-state index contributed by atoms with van der Waals surface area (Å²) in [7, 11) is 0. The van der Waals surface area contributed by atoms with E-state index in [4.69, 9.17) is 28.9 Å². The van der Waals surface area contributed by atoms with Gasteiger partial charge in [-0.25, -0.2) is 4.39 Å². The molecule has 0 radical (unpaired) electrons. The van der Waals surface area contributed by atoms with Crippen LogP contribution in [0.25, 0.3) is 0 Å². The lowest BCUT2D eigenvalue weighted by Gasteiger charge is -2.14. The number of nitrogens with two attached hydrogens (primary N) is 1. The van der Waals surface area contributed by atoms with Crippen molar-refractivity contribution in [2.24, 2.45) is 5.73 Å². The van der Waals surface area contributed by atoms with Crippen LogP contribution >= 0.6 is 23.2 Å². The third-order valence-corrected chi connectivity index (χ3v) is 3.42. The minimum absolute atomic E-state index is 0.0650. The van der Waals surface area contributed by atoms with Crippen LogP contribution in [0, 0.1) is 5.82 Å². The van der Waals surface area contributed by atoms with Crippen LogP contribution in [-0.4, -0.2) is 4.98 Å². The standard InChI is InChI=1S/C13H11Cl2FN2/c14-10-7-18-5-4-8(10)6-12(17)9-2-1-3-11(16)13(9)15/h1-5,7,12H,6,17H2. The van der Waals surface area contributed by atoms with Gasteiger partial charge in [0.05, 0.1) is 10.0 Å². The van der Waals surface area contributed by atoms with Gasteiger partial charge < -0.3 is 5.73 Å². The van der Waals surface area contributed by atoms with Gasteiger partial charge in [0.25, 0.3) is 0 Å². The lowest BCUT2D eigenvalue weighted by Crippen LogP contribution is -2.14. The molecule has 1 aromatic carbocycles. The van der Waals surface area contributed by atoms with Gasteiger partial charge in [0.2, 0.25) is 0 Å². The van der Waals surface area contributed by atoms with Crippen molar-refractivity contribution in [2.45, 2.75) is 12.5 Å². The summed E-state index contributed by atoms with van der Waals surface area (Å²) in [5.41, 5.74) is 7.47. The number of halogens is 3. The van der Waals surface area contributed by atoms with Crippen LogP contribution in [0.2, 0.25) is 10.0 Å². The minimum Gasteiger partial charge on any atom is -0.324 e. The largest absolute Gasteiger partial charge is 0.324 e. The molecule has 1 heterocycles. The second kappa shape index (κ2) is 5.65. The first-order valence-electron chi connectivity index (χ1n) is 5.37. The van der Waals surface area contributed by atoms with Crippen molar-refractivity contribution < 1.29 is 4.39 Å². The van der Waals surface area contributed by atoms with Gasteiger partial charge in [-0.1, -0.05) is 35.3 Å². The number of hydrogen-bond acceptors (Lipinski definition) is 2. The van der Waals surface area contributed by atoms with E-state index in [9.17, 15) is 4.39 Å². The maximum absolute atomic E-state index is 13.3. The first kappa shape index (κ1) is 13.3. The predicted molar refractivity (Wildman–Crippen MR) is 71.3 cm³/mol. The second-order valence-corrected chi connectivity index (χ2v) is 4.71. The zero-order chi connectivity index (χ0) is 13.1. The van der Waals surface area contributed by atoms with Crippen molar-refractivity contribution in [3.05, 3.63) is 63.6 Å². The summed E-state index contributed by atoms with van der Waals surface area (Å²) >= 11 is 11.9. The zero-order valence-corrected chi connectivity index (χ0v) is 10.9. The Morgan fingerprint density at radius 2 is 2.06 bits per heavy atom. The molecule has 0 aliphatic rings. The van der Waals surface area contributed by atoms with E-state index in [1.807, 2.05) is 0 Å².